The molecule has 0 saturated carbocycles. The van der Waals surface area contributed by atoms with Crippen LogP contribution in [0.15, 0.2) is 46.9 Å². The van der Waals surface area contributed by atoms with Gasteiger partial charge in [0.15, 0.2) is 15.9 Å². The van der Waals surface area contributed by atoms with Gasteiger partial charge in [-0.25, -0.2) is 4.79 Å². The average molecular weight is 525 g/mol. The number of carbonyl (C=O) groups excluding carboxylic acids is 4. The van der Waals surface area contributed by atoms with Crippen LogP contribution in [0.25, 0.3) is 0 Å². The molecule has 2 unspecified atom stereocenters. The number of non-ortho nitro benzene ring substituents is 1. The SMILES string of the molecule is C=CCSC1C(CC)C(=O)N1C(C(=O)OCc1ccc([N+](=O)[O-])cc1)=C(SC(C)=O)SC(C)=O. The molecule has 12 heteroatoms. The lowest BCUT2D eigenvalue weighted by molar-refractivity contribution is -0.384. The Labute approximate surface area is 209 Å². The smallest absolute Gasteiger partial charge is 0.357 e. The highest BCUT2D eigenvalue weighted by molar-refractivity contribution is 8.34. The molecule has 1 aliphatic heterocycles. The lowest BCUT2D eigenvalue weighted by Crippen LogP contribution is -2.59. The van der Waals surface area contributed by atoms with Gasteiger partial charge in [-0.2, -0.15) is 0 Å². The van der Waals surface area contributed by atoms with E-state index in [0.717, 1.165) is 0 Å². The topological polar surface area (TPSA) is 124 Å². The predicted molar refractivity (Wildman–Crippen MR) is 134 cm³/mol. The number of amides is 1. The van der Waals surface area contributed by atoms with Gasteiger partial charge in [-0.3, -0.25) is 29.4 Å². The number of esters is 1. The van der Waals surface area contributed by atoms with Gasteiger partial charge < -0.3 is 4.74 Å². The zero-order chi connectivity index (χ0) is 25.4. The maximum Gasteiger partial charge on any atom is 0.357 e. The fourth-order valence-corrected chi connectivity index (χ4v) is 6.27. The molecule has 0 N–H and O–H groups in total. The molecule has 0 aliphatic carbocycles. The molecule has 1 aromatic carbocycles. The van der Waals surface area contributed by atoms with E-state index in [1.165, 1.54) is 54.8 Å². The van der Waals surface area contributed by atoms with E-state index in [1.54, 1.807) is 6.08 Å². The Kier molecular flexibility index (Phi) is 10.4. The van der Waals surface area contributed by atoms with Crippen molar-refractivity contribution in [2.24, 2.45) is 5.92 Å². The van der Waals surface area contributed by atoms with E-state index in [1.807, 2.05) is 6.92 Å². The van der Waals surface area contributed by atoms with Crippen LogP contribution in [0.5, 0.6) is 0 Å². The molecule has 9 nitrogen and oxygen atoms in total. The minimum atomic E-state index is -0.872. The third-order valence-electron chi connectivity index (χ3n) is 4.60. The summed E-state index contributed by atoms with van der Waals surface area (Å²) in [6.07, 6.45) is 2.24. The molecule has 0 radical (unpaired) electrons. The maximum absolute atomic E-state index is 13.2. The van der Waals surface area contributed by atoms with Gasteiger partial charge in [0.25, 0.3) is 5.69 Å². The molecule has 2 atom stereocenters. The Morgan fingerprint density at radius 3 is 2.24 bits per heavy atom. The van der Waals surface area contributed by atoms with E-state index in [-0.39, 0.29) is 49.7 Å². The Morgan fingerprint density at radius 1 is 1.18 bits per heavy atom. The molecule has 1 aliphatic rings. The van der Waals surface area contributed by atoms with E-state index in [0.29, 0.717) is 41.3 Å². The Bertz CT molecular complexity index is 1010. The molecule has 1 fully saturated rings. The van der Waals surface area contributed by atoms with Crippen molar-refractivity contribution in [3.63, 3.8) is 0 Å². The molecule has 0 spiro atoms. The number of nitro groups is 1. The molecule has 182 valence electrons. The third kappa shape index (κ3) is 6.97. The number of hydrogen-bond donors (Lipinski definition) is 0. The fourth-order valence-electron chi connectivity index (χ4n) is 3.08. The normalized spacial score (nSPS) is 16.9. The van der Waals surface area contributed by atoms with Crippen LogP contribution in [-0.2, 0) is 30.5 Å². The lowest BCUT2D eigenvalue weighted by atomic mass is 9.94. The highest BCUT2D eigenvalue weighted by atomic mass is 32.2. The number of β-lactam (4-membered cyclic amide) rings is 1. The predicted octanol–water partition coefficient (Wildman–Crippen LogP) is 4.48. The van der Waals surface area contributed by atoms with E-state index in [2.05, 4.69) is 6.58 Å². The van der Waals surface area contributed by atoms with Crippen molar-refractivity contribution in [2.45, 2.75) is 39.2 Å². The molecule has 0 aromatic heterocycles. The van der Waals surface area contributed by atoms with Crippen molar-refractivity contribution in [3.8, 4) is 0 Å². The summed E-state index contributed by atoms with van der Waals surface area (Å²) >= 11 is 2.80. The number of rotatable bonds is 11. The molecule has 1 amide bonds. The first-order valence-corrected chi connectivity index (χ1v) is 12.9. The summed E-state index contributed by atoms with van der Waals surface area (Å²) < 4.78 is 5.49. The van der Waals surface area contributed by atoms with Crippen molar-refractivity contribution in [1.82, 2.24) is 4.90 Å². The molecule has 2 rings (SSSR count). The highest BCUT2D eigenvalue weighted by Crippen LogP contribution is 2.44. The second kappa shape index (κ2) is 12.8. The summed E-state index contributed by atoms with van der Waals surface area (Å²) in [5, 5.41) is 9.73. The van der Waals surface area contributed by atoms with Crippen LogP contribution in [0.1, 0.15) is 32.8 Å². The third-order valence-corrected chi connectivity index (χ3v) is 7.74. The van der Waals surface area contributed by atoms with Crippen LogP contribution in [0, 0.1) is 16.0 Å². The minimum Gasteiger partial charge on any atom is -0.456 e. The number of benzene rings is 1. The number of nitro benzene ring substituents is 1. The van der Waals surface area contributed by atoms with Gasteiger partial charge in [0.2, 0.25) is 5.91 Å². The summed E-state index contributed by atoms with van der Waals surface area (Å²) in [6.45, 7) is 7.93. The molecule has 34 heavy (non-hydrogen) atoms. The first-order chi connectivity index (χ1) is 16.1. The maximum atomic E-state index is 13.2. The monoisotopic (exact) mass is 524 g/mol. The summed E-state index contributed by atoms with van der Waals surface area (Å²) in [4.78, 5) is 61.5. The number of likely N-dealkylation sites (tertiary alicyclic amines) is 1. The quantitative estimate of drug-likeness (QED) is 0.102. The first kappa shape index (κ1) is 27.7. The minimum absolute atomic E-state index is 0.0702. The molecule has 1 aromatic rings. The highest BCUT2D eigenvalue weighted by Gasteiger charge is 2.50. The van der Waals surface area contributed by atoms with Gasteiger partial charge in [-0.1, -0.05) is 13.0 Å². The van der Waals surface area contributed by atoms with Crippen molar-refractivity contribution < 1.29 is 28.8 Å². The van der Waals surface area contributed by atoms with Crippen molar-refractivity contribution in [2.75, 3.05) is 5.75 Å². The zero-order valence-electron chi connectivity index (χ0n) is 18.8. The average Bonchev–Trinajstić information content (AvgIpc) is 2.77. The number of hydrogen-bond acceptors (Lipinski definition) is 10. The van der Waals surface area contributed by atoms with Crippen molar-refractivity contribution in [3.05, 3.63) is 62.5 Å². The van der Waals surface area contributed by atoms with Gasteiger partial charge in [-0.05, 0) is 47.6 Å². The summed E-state index contributed by atoms with van der Waals surface area (Å²) in [6, 6.07) is 5.48. The molecule has 1 heterocycles. The van der Waals surface area contributed by atoms with Crippen LogP contribution in [0.3, 0.4) is 0 Å². The summed E-state index contributed by atoms with van der Waals surface area (Å²) in [5.41, 5.74) is 0.239. The Morgan fingerprint density at radius 2 is 1.76 bits per heavy atom. The van der Waals surface area contributed by atoms with Crippen LogP contribution in [-0.4, -0.2) is 43.1 Å². The van der Waals surface area contributed by atoms with Gasteiger partial charge in [0, 0.05) is 31.7 Å². The Balaban J connectivity index is 2.41. The number of carbonyl (C=O) groups is 4. The molecule has 0 bridgehead atoms. The van der Waals surface area contributed by atoms with Crippen LogP contribution >= 0.6 is 35.3 Å². The van der Waals surface area contributed by atoms with Gasteiger partial charge >= 0.3 is 5.97 Å². The van der Waals surface area contributed by atoms with Crippen LogP contribution < -0.4 is 0 Å². The van der Waals surface area contributed by atoms with Gasteiger partial charge in [0.1, 0.15) is 6.61 Å². The van der Waals surface area contributed by atoms with E-state index >= 15 is 0 Å². The largest absolute Gasteiger partial charge is 0.456 e. The molecular weight excluding hydrogens is 500 g/mol. The molecule has 1 saturated heterocycles. The summed E-state index contributed by atoms with van der Waals surface area (Å²) in [5.74, 6) is -0.959. The van der Waals surface area contributed by atoms with E-state index < -0.39 is 10.9 Å². The first-order valence-electron chi connectivity index (χ1n) is 10.2. The summed E-state index contributed by atoms with van der Waals surface area (Å²) in [7, 11) is 0. The molecular formula is C22H24N2O7S3. The number of nitrogens with zero attached hydrogens (tertiary/aromatic N) is 2. The number of thioether (sulfide) groups is 3. The fraction of sp³-hybridized carbons (Fsp3) is 0.364. The van der Waals surface area contributed by atoms with Crippen LogP contribution in [0.2, 0.25) is 0 Å². The van der Waals surface area contributed by atoms with E-state index in [4.69, 9.17) is 4.74 Å². The zero-order valence-corrected chi connectivity index (χ0v) is 21.3. The van der Waals surface area contributed by atoms with Gasteiger partial charge in [-0.15, -0.1) is 18.3 Å². The number of ether oxygens (including phenoxy) is 1. The van der Waals surface area contributed by atoms with Crippen molar-refractivity contribution in [1.29, 1.82) is 0 Å². The van der Waals surface area contributed by atoms with E-state index in [9.17, 15) is 29.3 Å². The lowest BCUT2D eigenvalue weighted by Gasteiger charge is -2.47. The second-order valence-electron chi connectivity index (χ2n) is 7.06. The van der Waals surface area contributed by atoms with Gasteiger partial charge in [0.05, 0.1) is 20.5 Å². The Hall–Kier alpha value is -2.57. The second-order valence-corrected chi connectivity index (χ2v) is 10.8. The van der Waals surface area contributed by atoms with Crippen molar-refractivity contribution >= 4 is 63.1 Å². The standard InChI is InChI=1S/C22H24N2O7S3/c1-5-11-32-20-17(6-2)19(27)23(20)18(22(33-13(3)25)34-14(4)26)21(28)31-12-15-7-9-16(10-8-15)24(29)30/h5,7-10,17,20H,1,6,11-12H2,2-4H3. The van der Waals surface area contributed by atoms with Crippen LogP contribution in [0.4, 0.5) is 5.69 Å².